The fraction of sp³-hybridized carbons (Fsp3) is 0.533. The van der Waals surface area contributed by atoms with Crippen LogP contribution in [0.5, 0.6) is 0 Å². The molecule has 2 rings (SSSR count). The molecule has 1 aliphatic rings. The first-order valence-corrected chi connectivity index (χ1v) is 7.03. The number of hydrogen-bond donors (Lipinski definition) is 2. The van der Waals surface area contributed by atoms with Gasteiger partial charge < -0.3 is 10.6 Å². The highest BCUT2D eigenvalue weighted by molar-refractivity contribution is 5.79. The third-order valence-corrected chi connectivity index (χ3v) is 3.74. The molecule has 1 fully saturated rings. The van der Waals surface area contributed by atoms with Gasteiger partial charge in [-0.3, -0.25) is 4.79 Å². The summed E-state index contributed by atoms with van der Waals surface area (Å²) in [6.45, 7) is 2.87. The van der Waals surface area contributed by atoms with Crippen molar-refractivity contribution >= 4 is 5.91 Å². The Hall–Kier alpha value is -1.49. The van der Waals surface area contributed by atoms with Crippen LogP contribution < -0.4 is 10.6 Å². The lowest BCUT2D eigenvalue weighted by Gasteiger charge is -2.29. The molecule has 0 radical (unpaired) electrons. The van der Waals surface area contributed by atoms with E-state index in [0.717, 1.165) is 37.9 Å². The van der Waals surface area contributed by atoms with Crippen LogP contribution >= 0.6 is 0 Å². The Labute approximate surface area is 117 Å². The zero-order valence-electron chi connectivity index (χ0n) is 11.6. The van der Waals surface area contributed by atoms with Crippen LogP contribution in [0.4, 0.5) is 8.78 Å². The van der Waals surface area contributed by atoms with E-state index in [1.165, 1.54) is 6.07 Å². The van der Waals surface area contributed by atoms with Crippen LogP contribution in [0.3, 0.4) is 0 Å². The Morgan fingerprint density at radius 1 is 1.40 bits per heavy atom. The summed E-state index contributed by atoms with van der Waals surface area (Å²) in [6.07, 6.45) is 3.03. The van der Waals surface area contributed by atoms with E-state index in [9.17, 15) is 13.6 Å². The van der Waals surface area contributed by atoms with Crippen molar-refractivity contribution in [1.82, 2.24) is 10.6 Å². The molecule has 20 heavy (non-hydrogen) atoms. The normalized spacial score (nSPS) is 20.4. The van der Waals surface area contributed by atoms with Gasteiger partial charge in [0.1, 0.15) is 11.6 Å². The molecule has 0 aromatic heterocycles. The predicted octanol–water partition coefficient (Wildman–Crippen LogP) is 2.15. The molecule has 0 spiro atoms. The van der Waals surface area contributed by atoms with Crippen molar-refractivity contribution in [3.05, 3.63) is 35.4 Å². The summed E-state index contributed by atoms with van der Waals surface area (Å²) in [5.41, 5.74) is -0.172. The highest BCUT2D eigenvalue weighted by atomic mass is 19.1. The van der Waals surface area contributed by atoms with Gasteiger partial charge in [-0.05, 0) is 38.4 Å². The van der Waals surface area contributed by atoms with E-state index in [2.05, 4.69) is 10.6 Å². The molecule has 3 nitrogen and oxygen atoms in total. The van der Waals surface area contributed by atoms with Crippen molar-refractivity contribution in [3.8, 4) is 0 Å². The average molecular weight is 282 g/mol. The molecule has 110 valence electrons. The molecule has 2 atom stereocenters. The van der Waals surface area contributed by atoms with Crippen molar-refractivity contribution in [2.24, 2.45) is 0 Å². The van der Waals surface area contributed by atoms with Gasteiger partial charge in [-0.2, -0.15) is 0 Å². The number of carbonyl (C=O) groups excluding carboxylic acids is 1. The molecule has 1 aromatic carbocycles. The van der Waals surface area contributed by atoms with Gasteiger partial charge >= 0.3 is 0 Å². The first kappa shape index (κ1) is 14.9. The maximum Gasteiger partial charge on any atom is 0.224 e. The number of nitrogens with one attached hydrogen (secondary N) is 2. The predicted molar refractivity (Wildman–Crippen MR) is 73.3 cm³/mol. The lowest BCUT2D eigenvalue weighted by Crippen LogP contribution is -2.50. The molecular weight excluding hydrogens is 262 g/mol. The second-order valence-corrected chi connectivity index (χ2v) is 5.29. The molecule has 0 aliphatic carbocycles. The topological polar surface area (TPSA) is 41.1 Å². The second kappa shape index (κ2) is 6.79. The molecule has 2 N–H and O–H groups in total. The Balaban J connectivity index is 1.91. The van der Waals surface area contributed by atoms with E-state index in [1.54, 1.807) is 0 Å². The van der Waals surface area contributed by atoms with Gasteiger partial charge in [0.2, 0.25) is 5.91 Å². The molecule has 1 heterocycles. The molecule has 5 heteroatoms. The number of halogens is 2. The highest BCUT2D eigenvalue weighted by Crippen LogP contribution is 2.14. The maximum absolute atomic E-state index is 13.5. The first-order valence-electron chi connectivity index (χ1n) is 7.03. The molecule has 1 amide bonds. The SMILES string of the molecule is CC(NC(=O)Cc1c(F)cccc1F)C1CCCCN1. The van der Waals surface area contributed by atoms with Gasteiger partial charge in [0.05, 0.1) is 6.42 Å². The minimum Gasteiger partial charge on any atom is -0.352 e. The van der Waals surface area contributed by atoms with Gasteiger partial charge in [0, 0.05) is 17.6 Å². The van der Waals surface area contributed by atoms with Crippen molar-refractivity contribution in [2.75, 3.05) is 6.54 Å². The Kier molecular flexibility index (Phi) is 5.06. The van der Waals surface area contributed by atoms with Crippen LogP contribution in [0.25, 0.3) is 0 Å². The van der Waals surface area contributed by atoms with E-state index in [4.69, 9.17) is 0 Å². The lowest BCUT2D eigenvalue weighted by atomic mass is 9.99. The van der Waals surface area contributed by atoms with E-state index >= 15 is 0 Å². The number of rotatable bonds is 4. The summed E-state index contributed by atoms with van der Waals surface area (Å²) in [5, 5.41) is 6.17. The maximum atomic E-state index is 13.5. The van der Waals surface area contributed by atoms with Crippen LogP contribution in [-0.4, -0.2) is 24.5 Å². The lowest BCUT2D eigenvalue weighted by molar-refractivity contribution is -0.121. The van der Waals surface area contributed by atoms with Crippen molar-refractivity contribution in [3.63, 3.8) is 0 Å². The fourth-order valence-corrected chi connectivity index (χ4v) is 2.57. The van der Waals surface area contributed by atoms with Crippen LogP contribution in [0, 0.1) is 11.6 Å². The largest absolute Gasteiger partial charge is 0.352 e. The van der Waals surface area contributed by atoms with Gasteiger partial charge in [0.15, 0.2) is 0 Å². The third-order valence-electron chi connectivity index (χ3n) is 3.74. The van der Waals surface area contributed by atoms with Crippen LogP contribution in [0.1, 0.15) is 31.7 Å². The minimum absolute atomic E-state index is 0.0439. The number of piperidine rings is 1. The van der Waals surface area contributed by atoms with Gasteiger partial charge in [-0.25, -0.2) is 8.78 Å². The first-order chi connectivity index (χ1) is 9.58. The van der Waals surface area contributed by atoms with E-state index in [1.807, 2.05) is 6.92 Å². The highest BCUT2D eigenvalue weighted by Gasteiger charge is 2.21. The Bertz CT molecular complexity index is 453. The zero-order chi connectivity index (χ0) is 14.5. The van der Waals surface area contributed by atoms with E-state index < -0.39 is 11.6 Å². The van der Waals surface area contributed by atoms with Gasteiger partial charge in [-0.15, -0.1) is 0 Å². The molecule has 1 saturated heterocycles. The second-order valence-electron chi connectivity index (χ2n) is 5.29. The van der Waals surface area contributed by atoms with Crippen LogP contribution in [-0.2, 0) is 11.2 Å². The smallest absolute Gasteiger partial charge is 0.224 e. The molecule has 1 aliphatic heterocycles. The fourth-order valence-electron chi connectivity index (χ4n) is 2.57. The Morgan fingerprint density at radius 3 is 2.70 bits per heavy atom. The minimum atomic E-state index is -0.677. The molecular formula is C15H20F2N2O. The molecule has 0 bridgehead atoms. The van der Waals surface area contributed by atoms with Crippen molar-refractivity contribution in [2.45, 2.75) is 44.7 Å². The monoisotopic (exact) mass is 282 g/mol. The number of amides is 1. The Morgan fingerprint density at radius 2 is 2.10 bits per heavy atom. The van der Waals surface area contributed by atoms with Crippen LogP contribution in [0.15, 0.2) is 18.2 Å². The quantitative estimate of drug-likeness (QED) is 0.888. The van der Waals surface area contributed by atoms with E-state index in [-0.39, 0.29) is 30.0 Å². The van der Waals surface area contributed by atoms with Crippen molar-refractivity contribution < 1.29 is 13.6 Å². The summed E-state index contributed by atoms with van der Waals surface area (Å²) in [7, 11) is 0. The van der Waals surface area contributed by atoms with Crippen molar-refractivity contribution in [1.29, 1.82) is 0 Å². The summed E-state index contributed by atoms with van der Waals surface area (Å²) in [4.78, 5) is 11.9. The summed E-state index contributed by atoms with van der Waals surface area (Å²) in [6, 6.07) is 3.81. The van der Waals surface area contributed by atoms with E-state index in [0.29, 0.717) is 0 Å². The van der Waals surface area contributed by atoms with Crippen LogP contribution in [0.2, 0.25) is 0 Å². The summed E-state index contributed by atoms with van der Waals surface area (Å²) < 4.78 is 26.9. The zero-order valence-corrected chi connectivity index (χ0v) is 11.6. The molecule has 0 saturated carbocycles. The number of carbonyl (C=O) groups is 1. The summed E-state index contributed by atoms with van der Waals surface area (Å²) >= 11 is 0. The van der Waals surface area contributed by atoms with Gasteiger partial charge in [0.25, 0.3) is 0 Å². The molecule has 2 unspecified atom stereocenters. The van der Waals surface area contributed by atoms with Gasteiger partial charge in [-0.1, -0.05) is 12.5 Å². The molecule has 1 aromatic rings. The third kappa shape index (κ3) is 3.76. The standard InChI is InChI=1S/C15H20F2N2O/c1-10(14-7-2-3-8-18-14)19-15(20)9-11-12(16)5-4-6-13(11)17/h4-6,10,14,18H,2-3,7-9H2,1H3,(H,19,20). The average Bonchev–Trinajstić information content (AvgIpc) is 2.44. The number of hydrogen-bond acceptors (Lipinski definition) is 2. The summed E-state index contributed by atoms with van der Waals surface area (Å²) in [5.74, 6) is -1.71. The number of benzene rings is 1.